The number of aryl methyl sites for hydroxylation is 4. The minimum atomic E-state index is 0.230. The third-order valence-corrected chi connectivity index (χ3v) is 5.20. The van der Waals surface area contributed by atoms with Crippen molar-refractivity contribution in [1.82, 2.24) is 0 Å². The van der Waals surface area contributed by atoms with E-state index in [4.69, 9.17) is 11.3 Å². The molecule has 0 saturated heterocycles. The molecule has 2 heteroatoms. The number of rotatable bonds is 7. The van der Waals surface area contributed by atoms with E-state index in [0.717, 1.165) is 51.2 Å². The van der Waals surface area contributed by atoms with E-state index in [1.807, 2.05) is 26.0 Å². The molecule has 2 aromatic carbocycles. The molecule has 0 fully saturated rings. The standard InChI is InChI=1S/C27H33NO/c1-8-9-10-11-12-23(6)29-27-21(4)17-25(18-22(27)5)14-13-24-15-19(2)26(28-7)20(3)16-24/h15-18,23H,8-12H2,1-6H3/t23-/m1/s1. The van der Waals surface area contributed by atoms with Gasteiger partial charge in [0.15, 0.2) is 5.69 Å². The summed E-state index contributed by atoms with van der Waals surface area (Å²) in [5, 5.41) is 0. The molecule has 0 heterocycles. The summed E-state index contributed by atoms with van der Waals surface area (Å²) < 4.78 is 6.25. The number of ether oxygens (including phenoxy) is 1. The molecule has 0 spiro atoms. The minimum absolute atomic E-state index is 0.230. The Labute approximate surface area is 177 Å². The van der Waals surface area contributed by atoms with E-state index >= 15 is 0 Å². The van der Waals surface area contributed by atoms with Crippen molar-refractivity contribution in [2.45, 2.75) is 79.8 Å². The summed E-state index contributed by atoms with van der Waals surface area (Å²) in [6.07, 6.45) is 6.40. The first-order chi connectivity index (χ1) is 13.8. The minimum Gasteiger partial charge on any atom is -0.490 e. The SMILES string of the molecule is [C-]#[N+]c1c(C)cc(C#Cc2cc(C)c(O[C@H](C)CCCCCC)c(C)c2)cc1C. The van der Waals surface area contributed by atoms with Gasteiger partial charge >= 0.3 is 0 Å². The molecule has 0 aliphatic rings. The molecule has 2 nitrogen and oxygen atoms in total. The first-order valence-electron chi connectivity index (χ1n) is 10.6. The van der Waals surface area contributed by atoms with Crippen molar-refractivity contribution in [2.24, 2.45) is 0 Å². The Kier molecular flexibility index (Phi) is 8.35. The Morgan fingerprint density at radius 3 is 1.86 bits per heavy atom. The van der Waals surface area contributed by atoms with Crippen LogP contribution in [0, 0.1) is 46.1 Å². The third-order valence-electron chi connectivity index (χ3n) is 5.20. The highest BCUT2D eigenvalue weighted by molar-refractivity contribution is 5.62. The molecule has 0 aromatic heterocycles. The van der Waals surface area contributed by atoms with Gasteiger partial charge in [0.2, 0.25) is 0 Å². The average molecular weight is 388 g/mol. The highest BCUT2D eigenvalue weighted by Gasteiger charge is 2.10. The van der Waals surface area contributed by atoms with Crippen LogP contribution in [0.2, 0.25) is 0 Å². The number of benzene rings is 2. The predicted molar refractivity (Wildman–Crippen MR) is 123 cm³/mol. The van der Waals surface area contributed by atoms with Gasteiger partial charge in [0.1, 0.15) is 5.75 Å². The van der Waals surface area contributed by atoms with Crippen LogP contribution in [0.4, 0.5) is 5.69 Å². The molecule has 0 aliphatic heterocycles. The average Bonchev–Trinajstić information content (AvgIpc) is 2.66. The second kappa shape index (κ2) is 10.7. The van der Waals surface area contributed by atoms with Gasteiger partial charge in [-0.15, -0.1) is 0 Å². The summed E-state index contributed by atoms with van der Waals surface area (Å²) in [4.78, 5) is 3.60. The molecule has 0 saturated carbocycles. The van der Waals surface area contributed by atoms with Crippen LogP contribution in [0.25, 0.3) is 4.85 Å². The van der Waals surface area contributed by atoms with Gasteiger partial charge in [0.05, 0.1) is 12.7 Å². The molecule has 1 atom stereocenters. The zero-order chi connectivity index (χ0) is 21.4. The largest absolute Gasteiger partial charge is 0.490 e. The highest BCUT2D eigenvalue weighted by atomic mass is 16.5. The van der Waals surface area contributed by atoms with Gasteiger partial charge in [-0.1, -0.05) is 50.2 Å². The van der Waals surface area contributed by atoms with E-state index in [1.54, 1.807) is 0 Å². The maximum Gasteiger partial charge on any atom is 0.193 e. The third kappa shape index (κ3) is 6.40. The van der Waals surface area contributed by atoms with Crippen LogP contribution < -0.4 is 4.74 Å². The Morgan fingerprint density at radius 2 is 1.38 bits per heavy atom. The second-order valence-electron chi connectivity index (χ2n) is 8.04. The first-order valence-corrected chi connectivity index (χ1v) is 10.6. The van der Waals surface area contributed by atoms with Crippen LogP contribution in [0.3, 0.4) is 0 Å². The van der Waals surface area contributed by atoms with Crippen molar-refractivity contribution in [2.75, 3.05) is 0 Å². The summed E-state index contributed by atoms with van der Waals surface area (Å²) in [5.74, 6) is 7.53. The topological polar surface area (TPSA) is 13.6 Å². The summed E-state index contributed by atoms with van der Waals surface area (Å²) in [7, 11) is 0. The zero-order valence-electron chi connectivity index (χ0n) is 18.8. The molecular weight excluding hydrogens is 354 g/mol. The fourth-order valence-electron chi connectivity index (χ4n) is 3.68. The van der Waals surface area contributed by atoms with Crippen LogP contribution in [-0.2, 0) is 0 Å². The maximum absolute atomic E-state index is 7.28. The number of hydrogen-bond acceptors (Lipinski definition) is 1. The van der Waals surface area contributed by atoms with Crippen LogP contribution in [0.5, 0.6) is 5.75 Å². The van der Waals surface area contributed by atoms with E-state index in [0.29, 0.717) is 0 Å². The lowest BCUT2D eigenvalue weighted by Crippen LogP contribution is -2.13. The van der Waals surface area contributed by atoms with E-state index in [1.165, 1.54) is 25.7 Å². The Hall–Kier alpha value is -2.71. The number of nitrogens with zero attached hydrogens (tertiary/aromatic N) is 1. The molecule has 0 unspecified atom stereocenters. The van der Waals surface area contributed by atoms with Crippen molar-refractivity contribution >= 4 is 5.69 Å². The molecule has 0 amide bonds. The predicted octanol–water partition coefficient (Wildman–Crippen LogP) is 7.61. The molecule has 2 aromatic rings. The summed E-state index contributed by atoms with van der Waals surface area (Å²) in [6, 6.07) is 8.19. The zero-order valence-corrected chi connectivity index (χ0v) is 18.8. The van der Waals surface area contributed by atoms with Crippen LogP contribution >= 0.6 is 0 Å². The van der Waals surface area contributed by atoms with Gasteiger partial charge < -0.3 is 4.74 Å². The molecule has 0 radical (unpaired) electrons. The number of hydrogen-bond donors (Lipinski definition) is 0. The maximum atomic E-state index is 7.28. The van der Waals surface area contributed by atoms with E-state index < -0.39 is 0 Å². The van der Waals surface area contributed by atoms with Gasteiger partial charge in [0.25, 0.3) is 0 Å². The quantitative estimate of drug-likeness (QED) is 0.271. The Morgan fingerprint density at radius 1 is 0.862 bits per heavy atom. The monoisotopic (exact) mass is 387 g/mol. The highest BCUT2D eigenvalue weighted by Crippen LogP contribution is 2.27. The lowest BCUT2D eigenvalue weighted by atomic mass is 10.0. The number of unbranched alkanes of at least 4 members (excludes halogenated alkanes) is 3. The van der Waals surface area contributed by atoms with Crippen molar-refractivity contribution in [3.8, 4) is 17.6 Å². The van der Waals surface area contributed by atoms with Crippen molar-refractivity contribution in [3.05, 3.63) is 69.1 Å². The fourth-order valence-corrected chi connectivity index (χ4v) is 3.68. The molecule has 152 valence electrons. The summed E-state index contributed by atoms with van der Waals surface area (Å²) in [5.41, 5.74) is 6.89. The smallest absolute Gasteiger partial charge is 0.193 e. The van der Waals surface area contributed by atoms with Gasteiger partial charge in [-0.2, -0.15) is 0 Å². The van der Waals surface area contributed by atoms with Crippen LogP contribution in [0.15, 0.2) is 24.3 Å². The molecule has 0 aliphatic carbocycles. The van der Waals surface area contributed by atoms with Crippen molar-refractivity contribution in [1.29, 1.82) is 0 Å². The van der Waals surface area contributed by atoms with E-state index in [-0.39, 0.29) is 6.10 Å². The van der Waals surface area contributed by atoms with Gasteiger partial charge in [-0.3, -0.25) is 0 Å². The Balaban J connectivity index is 2.14. The van der Waals surface area contributed by atoms with E-state index in [2.05, 4.69) is 56.5 Å². The molecule has 0 N–H and O–H groups in total. The summed E-state index contributed by atoms with van der Waals surface area (Å²) in [6.45, 7) is 19.8. The van der Waals surface area contributed by atoms with Gasteiger partial charge in [-0.25, -0.2) is 4.85 Å². The van der Waals surface area contributed by atoms with E-state index in [9.17, 15) is 0 Å². The van der Waals surface area contributed by atoms with Gasteiger partial charge in [0, 0.05) is 11.1 Å². The molecule has 29 heavy (non-hydrogen) atoms. The van der Waals surface area contributed by atoms with Crippen molar-refractivity contribution < 1.29 is 4.74 Å². The lowest BCUT2D eigenvalue weighted by Gasteiger charge is -2.18. The van der Waals surface area contributed by atoms with Crippen LogP contribution in [-0.4, -0.2) is 6.10 Å². The summed E-state index contributed by atoms with van der Waals surface area (Å²) >= 11 is 0. The van der Waals surface area contributed by atoms with Crippen LogP contribution in [0.1, 0.15) is 79.3 Å². The first kappa shape index (κ1) is 22.6. The fraction of sp³-hybridized carbons (Fsp3) is 0.444. The van der Waals surface area contributed by atoms with Crippen molar-refractivity contribution in [3.63, 3.8) is 0 Å². The molecule has 2 rings (SSSR count). The van der Waals surface area contributed by atoms with Gasteiger partial charge in [-0.05, 0) is 81.8 Å². The lowest BCUT2D eigenvalue weighted by molar-refractivity contribution is 0.203. The molecular formula is C27H33NO. The normalized spacial score (nSPS) is 11.3. The second-order valence-corrected chi connectivity index (χ2v) is 8.04. The Bertz CT molecular complexity index is 907. The molecule has 0 bridgehead atoms.